The molecule has 0 aliphatic rings. The molecule has 2 heteroatoms. The minimum atomic E-state index is -0.485. The van der Waals surface area contributed by atoms with Gasteiger partial charge in [-0.2, -0.15) is 0 Å². The second-order valence-electron chi connectivity index (χ2n) is 4.18. The van der Waals surface area contributed by atoms with E-state index in [-0.39, 0.29) is 0 Å². The fourth-order valence-corrected chi connectivity index (χ4v) is 2.97. The molecule has 0 aliphatic carbocycles. The number of thiophene rings is 1. The van der Waals surface area contributed by atoms with Gasteiger partial charge in [0.15, 0.2) is 0 Å². The molecule has 0 saturated carbocycles. The van der Waals surface area contributed by atoms with E-state index in [2.05, 4.69) is 32.0 Å². The molecule has 0 fully saturated rings. The highest BCUT2D eigenvalue weighted by atomic mass is 32.1. The van der Waals surface area contributed by atoms with Crippen molar-refractivity contribution in [3.8, 4) is 0 Å². The molecule has 0 radical (unpaired) electrons. The van der Waals surface area contributed by atoms with E-state index in [1.165, 1.54) is 5.56 Å². The number of aryl methyl sites for hydroxylation is 3. The molecule has 1 aromatic heterocycles. The highest BCUT2D eigenvalue weighted by molar-refractivity contribution is 7.10. The highest BCUT2D eigenvalue weighted by Crippen LogP contribution is 2.32. The second-order valence-corrected chi connectivity index (χ2v) is 5.12. The summed E-state index contributed by atoms with van der Waals surface area (Å²) in [6, 6.07) is 8.18. The van der Waals surface area contributed by atoms with Gasteiger partial charge in [0.25, 0.3) is 0 Å². The van der Waals surface area contributed by atoms with Crippen LogP contribution in [0.4, 0.5) is 0 Å². The Kier molecular flexibility index (Phi) is 3.13. The minimum Gasteiger partial charge on any atom is -0.383 e. The van der Waals surface area contributed by atoms with Crippen molar-refractivity contribution in [2.75, 3.05) is 0 Å². The Hall–Kier alpha value is -1.12. The molecular weight excluding hydrogens is 216 g/mol. The zero-order chi connectivity index (χ0) is 11.7. The Morgan fingerprint density at radius 1 is 1.00 bits per heavy atom. The van der Waals surface area contributed by atoms with Crippen molar-refractivity contribution < 1.29 is 5.11 Å². The van der Waals surface area contributed by atoms with Gasteiger partial charge in [-0.25, -0.2) is 0 Å². The molecule has 1 aromatic carbocycles. The van der Waals surface area contributed by atoms with Gasteiger partial charge in [-0.05, 0) is 54.5 Å². The van der Waals surface area contributed by atoms with Crippen molar-refractivity contribution in [1.82, 2.24) is 0 Å². The van der Waals surface area contributed by atoms with E-state index < -0.39 is 6.10 Å². The Morgan fingerprint density at radius 3 is 2.12 bits per heavy atom. The van der Waals surface area contributed by atoms with Crippen molar-refractivity contribution in [1.29, 1.82) is 0 Å². The van der Waals surface area contributed by atoms with E-state index in [1.807, 2.05) is 18.4 Å². The lowest BCUT2D eigenvalue weighted by molar-refractivity contribution is 0.222. The second kappa shape index (κ2) is 4.40. The zero-order valence-electron chi connectivity index (χ0n) is 9.82. The van der Waals surface area contributed by atoms with Gasteiger partial charge in [-0.15, -0.1) is 11.3 Å². The third-order valence-corrected chi connectivity index (χ3v) is 4.04. The summed E-state index contributed by atoms with van der Waals surface area (Å²) in [7, 11) is 0. The van der Waals surface area contributed by atoms with E-state index >= 15 is 0 Å². The number of aliphatic hydroxyl groups excluding tert-OH is 1. The molecule has 1 atom stereocenters. The molecule has 1 unspecified atom stereocenters. The Labute approximate surface area is 100 Å². The summed E-state index contributed by atoms with van der Waals surface area (Å²) in [6.07, 6.45) is -0.485. The van der Waals surface area contributed by atoms with Gasteiger partial charge in [0, 0.05) is 4.88 Å². The fourth-order valence-electron chi connectivity index (χ4n) is 2.05. The molecule has 0 aliphatic heterocycles. The van der Waals surface area contributed by atoms with Crippen LogP contribution in [0.1, 0.15) is 33.2 Å². The molecule has 0 spiro atoms. The molecular formula is C14H16OS. The Balaban J connectivity index is 2.49. The van der Waals surface area contributed by atoms with Crippen LogP contribution >= 0.6 is 11.3 Å². The van der Waals surface area contributed by atoms with Crippen molar-refractivity contribution in [3.63, 3.8) is 0 Å². The van der Waals surface area contributed by atoms with E-state index in [4.69, 9.17) is 0 Å². The average Bonchev–Trinajstić information content (AvgIpc) is 2.64. The summed E-state index contributed by atoms with van der Waals surface area (Å²) >= 11 is 1.62. The van der Waals surface area contributed by atoms with Gasteiger partial charge in [0.2, 0.25) is 0 Å². The standard InChI is InChI=1S/C14H16OS/c1-9-5-4-6-10(2)12(9)13(15)14-11(3)7-8-16-14/h4-8,13,15H,1-3H3. The van der Waals surface area contributed by atoms with Gasteiger partial charge in [0.1, 0.15) is 6.10 Å². The van der Waals surface area contributed by atoms with Crippen LogP contribution in [0, 0.1) is 20.8 Å². The lowest BCUT2D eigenvalue weighted by Gasteiger charge is -2.16. The number of aliphatic hydroxyl groups is 1. The smallest absolute Gasteiger partial charge is 0.114 e. The summed E-state index contributed by atoms with van der Waals surface area (Å²) in [6.45, 7) is 6.14. The Morgan fingerprint density at radius 2 is 1.62 bits per heavy atom. The zero-order valence-corrected chi connectivity index (χ0v) is 10.6. The van der Waals surface area contributed by atoms with Gasteiger partial charge in [-0.1, -0.05) is 18.2 Å². The van der Waals surface area contributed by atoms with Crippen LogP contribution in [0.3, 0.4) is 0 Å². The maximum Gasteiger partial charge on any atom is 0.114 e. The first-order chi connectivity index (χ1) is 7.61. The molecule has 0 bridgehead atoms. The Bertz CT molecular complexity index is 479. The first-order valence-corrected chi connectivity index (χ1v) is 6.27. The summed E-state index contributed by atoms with van der Waals surface area (Å²) in [4.78, 5) is 1.05. The molecule has 1 nitrogen and oxygen atoms in total. The van der Waals surface area contributed by atoms with Crippen molar-refractivity contribution in [2.45, 2.75) is 26.9 Å². The summed E-state index contributed by atoms with van der Waals surface area (Å²) in [5.74, 6) is 0. The van der Waals surface area contributed by atoms with E-state index in [1.54, 1.807) is 11.3 Å². The first kappa shape index (κ1) is 11.4. The molecule has 0 amide bonds. The summed E-state index contributed by atoms with van der Waals surface area (Å²) < 4.78 is 0. The normalized spacial score (nSPS) is 12.8. The third-order valence-electron chi connectivity index (χ3n) is 2.97. The predicted octanol–water partition coefficient (Wildman–Crippen LogP) is 3.76. The van der Waals surface area contributed by atoms with Crippen LogP contribution in [0.25, 0.3) is 0 Å². The SMILES string of the molecule is Cc1ccsc1C(O)c1c(C)cccc1C. The first-order valence-electron chi connectivity index (χ1n) is 5.39. The number of hydrogen-bond acceptors (Lipinski definition) is 2. The molecule has 2 rings (SSSR count). The maximum absolute atomic E-state index is 10.4. The molecule has 2 aromatic rings. The minimum absolute atomic E-state index is 0.485. The molecule has 1 heterocycles. The number of rotatable bonds is 2. The number of hydrogen-bond donors (Lipinski definition) is 1. The maximum atomic E-state index is 10.4. The van der Waals surface area contributed by atoms with Crippen LogP contribution in [0.5, 0.6) is 0 Å². The van der Waals surface area contributed by atoms with Crippen LogP contribution in [0.15, 0.2) is 29.6 Å². The van der Waals surface area contributed by atoms with E-state index in [9.17, 15) is 5.11 Å². The summed E-state index contributed by atoms with van der Waals surface area (Å²) in [5.41, 5.74) is 4.52. The van der Waals surface area contributed by atoms with E-state index in [0.717, 1.165) is 21.6 Å². The van der Waals surface area contributed by atoms with Crippen LogP contribution < -0.4 is 0 Å². The van der Waals surface area contributed by atoms with Gasteiger partial charge in [-0.3, -0.25) is 0 Å². The molecule has 16 heavy (non-hydrogen) atoms. The van der Waals surface area contributed by atoms with Gasteiger partial charge in [0.05, 0.1) is 0 Å². The monoisotopic (exact) mass is 232 g/mol. The van der Waals surface area contributed by atoms with E-state index in [0.29, 0.717) is 0 Å². The summed E-state index contributed by atoms with van der Waals surface area (Å²) in [5, 5.41) is 12.5. The average molecular weight is 232 g/mol. The lowest BCUT2D eigenvalue weighted by Crippen LogP contribution is -2.03. The third kappa shape index (κ3) is 1.91. The van der Waals surface area contributed by atoms with Crippen LogP contribution in [0.2, 0.25) is 0 Å². The topological polar surface area (TPSA) is 20.2 Å². The van der Waals surface area contributed by atoms with Gasteiger partial charge >= 0.3 is 0 Å². The predicted molar refractivity (Wildman–Crippen MR) is 69.0 cm³/mol. The molecule has 84 valence electrons. The quantitative estimate of drug-likeness (QED) is 0.836. The van der Waals surface area contributed by atoms with Crippen molar-refractivity contribution in [3.05, 3.63) is 56.8 Å². The van der Waals surface area contributed by atoms with Crippen LogP contribution in [-0.2, 0) is 0 Å². The van der Waals surface area contributed by atoms with Crippen LogP contribution in [-0.4, -0.2) is 5.11 Å². The van der Waals surface area contributed by atoms with Crippen molar-refractivity contribution in [2.24, 2.45) is 0 Å². The molecule has 1 N–H and O–H groups in total. The largest absolute Gasteiger partial charge is 0.383 e. The molecule has 0 saturated heterocycles. The van der Waals surface area contributed by atoms with Crippen molar-refractivity contribution >= 4 is 11.3 Å². The van der Waals surface area contributed by atoms with Gasteiger partial charge < -0.3 is 5.11 Å². The number of benzene rings is 1. The highest BCUT2D eigenvalue weighted by Gasteiger charge is 2.17. The lowest BCUT2D eigenvalue weighted by atomic mass is 9.96. The fraction of sp³-hybridized carbons (Fsp3) is 0.286.